The van der Waals surface area contributed by atoms with Gasteiger partial charge in [-0.2, -0.15) is 0 Å². The third-order valence-electron chi connectivity index (χ3n) is 16.2. The fraction of sp³-hybridized carbons (Fsp3) is 0.104. The molecule has 10 aromatic carbocycles. The Morgan fingerprint density at radius 2 is 1.17 bits per heavy atom. The van der Waals surface area contributed by atoms with Crippen molar-refractivity contribution in [2.24, 2.45) is 0 Å². The maximum atomic E-state index is 2.73. The second kappa shape index (κ2) is 15.2. The summed E-state index contributed by atoms with van der Waals surface area (Å²) in [6, 6.07) is 78.3. The molecule has 0 radical (unpaired) electrons. The average molecular weight is 957 g/mol. The van der Waals surface area contributed by atoms with Crippen LogP contribution in [0.1, 0.15) is 51.3 Å². The molecule has 0 saturated heterocycles. The predicted octanol–water partition coefficient (Wildman–Crippen LogP) is 18.1. The van der Waals surface area contributed by atoms with Crippen molar-refractivity contribution in [3.8, 4) is 44.5 Å². The highest BCUT2D eigenvalue weighted by molar-refractivity contribution is 7.33. The van der Waals surface area contributed by atoms with Crippen molar-refractivity contribution in [3.63, 3.8) is 0 Å². The topological polar surface area (TPSA) is 6.48 Å². The predicted molar refractivity (Wildman–Crippen MR) is 313 cm³/mol. The highest BCUT2D eigenvalue weighted by Crippen LogP contribution is 2.60. The lowest BCUT2D eigenvalue weighted by molar-refractivity contribution is 0.590. The third-order valence-corrected chi connectivity index (χ3v) is 18.6. The van der Waals surface area contributed by atoms with E-state index in [4.69, 9.17) is 0 Å². The number of nitrogens with zero attached hydrogens (tertiary/aromatic N) is 2. The van der Waals surface area contributed by atoms with E-state index in [1.165, 1.54) is 141 Å². The Morgan fingerprint density at radius 1 is 0.472 bits per heavy atom. The van der Waals surface area contributed by atoms with Gasteiger partial charge in [0.15, 0.2) is 0 Å². The van der Waals surface area contributed by atoms with Gasteiger partial charge in [-0.3, -0.25) is 0 Å². The van der Waals surface area contributed by atoms with Crippen LogP contribution in [0.2, 0.25) is 0 Å². The molecule has 72 heavy (non-hydrogen) atoms. The summed E-state index contributed by atoms with van der Waals surface area (Å²) in [5.74, 6) is 0. The largest absolute Gasteiger partial charge is 0.376 e. The first-order valence-electron chi connectivity index (χ1n) is 25.3. The highest BCUT2D eigenvalue weighted by Gasteiger charge is 2.51. The molecule has 0 atom stereocenters. The molecule has 342 valence electrons. The first-order valence-corrected chi connectivity index (χ1v) is 26.9. The molecule has 15 rings (SSSR count). The lowest BCUT2D eigenvalue weighted by Crippen LogP contribution is -2.61. The molecule has 2 aliphatic heterocycles. The fourth-order valence-electron chi connectivity index (χ4n) is 12.8. The van der Waals surface area contributed by atoms with E-state index in [-0.39, 0.29) is 17.7 Å². The molecular formula is C67H49BN2S2. The van der Waals surface area contributed by atoms with Crippen molar-refractivity contribution in [1.82, 2.24) is 0 Å². The first-order chi connectivity index (χ1) is 35.1. The standard InChI is InChI=1S/C67H49BN2S2/c1-66(2,3)44-31-35-55(50(36-44)42-20-10-7-11-21-42)69-57-38-52-47-24-14-16-26-54(47)67(4,5)61(52)60-53-37-51-48-25-15-17-27-58(48)71-59(51)39-56(53)70(45-32-28-41(29-33-45)40-18-8-6-9-19-40)68(62(57)60)65-63(69)49-34-30-43-22-12-13-23-46(43)64(49)72-65/h6-39H,1-5H3. The summed E-state index contributed by atoms with van der Waals surface area (Å²) < 4.78 is 5.31. The van der Waals surface area contributed by atoms with Crippen LogP contribution in [-0.2, 0) is 10.8 Å². The molecule has 3 aliphatic rings. The highest BCUT2D eigenvalue weighted by atomic mass is 32.1. The Hall–Kier alpha value is -7.70. The second-order valence-corrected chi connectivity index (χ2v) is 23.7. The Kier molecular flexibility index (Phi) is 8.85. The monoisotopic (exact) mass is 956 g/mol. The molecular weight excluding hydrogens is 908 g/mol. The third kappa shape index (κ3) is 5.89. The normalized spacial score (nSPS) is 14.2. The molecule has 5 heteroatoms. The van der Waals surface area contributed by atoms with Crippen LogP contribution in [0.3, 0.4) is 0 Å². The van der Waals surface area contributed by atoms with Crippen molar-refractivity contribution in [3.05, 3.63) is 223 Å². The molecule has 0 unspecified atom stereocenters. The zero-order valence-corrected chi connectivity index (χ0v) is 42.6. The van der Waals surface area contributed by atoms with Gasteiger partial charge in [-0.15, -0.1) is 22.7 Å². The molecule has 2 nitrogen and oxygen atoms in total. The van der Waals surface area contributed by atoms with Crippen LogP contribution in [0, 0.1) is 0 Å². The SMILES string of the molecule is CC(C)(C)c1ccc(N2c3cc4c(c5c3B(c3sc6c(ccc7ccccc76)c32)N(c2ccc(-c3ccccc3)cc2)c2cc3sc6ccccc6c3cc2-5)C(C)(C)c2ccccc2-4)c(-c2ccccc2)c1. The molecule has 12 aromatic rings. The van der Waals surface area contributed by atoms with E-state index in [0.29, 0.717) is 0 Å². The summed E-state index contributed by atoms with van der Waals surface area (Å²) in [6.45, 7) is 11.8. The van der Waals surface area contributed by atoms with E-state index in [0.717, 1.165) is 0 Å². The average Bonchev–Trinajstić information content (AvgIpc) is 4.06. The van der Waals surface area contributed by atoms with Gasteiger partial charge in [0.05, 0.1) is 11.4 Å². The van der Waals surface area contributed by atoms with E-state index >= 15 is 0 Å². The van der Waals surface area contributed by atoms with Crippen LogP contribution in [0.15, 0.2) is 206 Å². The smallest absolute Gasteiger partial charge is 0.343 e. The van der Waals surface area contributed by atoms with Gasteiger partial charge in [0.1, 0.15) is 0 Å². The zero-order valence-electron chi connectivity index (χ0n) is 40.9. The molecule has 1 aliphatic carbocycles. The lowest BCUT2D eigenvalue weighted by atomic mass is 9.45. The van der Waals surface area contributed by atoms with Crippen molar-refractivity contribution in [1.29, 1.82) is 0 Å². The number of thiophene rings is 2. The van der Waals surface area contributed by atoms with Gasteiger partial charge in [-0.1, -0.05) is 192 Å². The minimum absolute atomic E-state index is 0.0479. The van der Waals surface area contributed by atoms with Crippen LogP contribution in [0.5, 0.6) is 0 Å². The number of rotatable bonds is 4. The number of hydrogen-bond donors (Lipinski definition) is 0. The van der Waals surface area contributed by atoms with E-state index < -0.39 is 0 Å². The molecule has 0 saturated carbocycles. The maximum absolute atomic E-state index is 2.73. The number of anilines is 5. The molecule has 2 aromatic heterocycles. The van der Waals surface area contributed by atoms with Gasteiger partial charge in [0, 0.05) is 68.6 Å². The quantitative estimate of drug-likeness (QED) is 0.162. The molecule has 0 fully saturated rings. The van der Waals surface area contributed by atoms with Crippen molar-refractivity contribution in [2.45, 2.75) is 45.4 Å². The Morgan fingerprint density at radius 3 is 1.96 bits per heavy atom. The Bertz CT molecular complexity index is 4230. The van der Waals surface area contributed by atoms with E-state index in [1.807, 2.05) is 22.7 Å². The van der Waals surface area contributed by atoms with E-state index in [2.05, 4.69) is 251 Å². The van der Waals surface area contributed by atoms with Gasteiger partial charge < -0.3 is 9.71 Å². The Labute approximate surface area is 429 Å². The molecule has 0 spiro atoms. The van der Waals surface area contributed by atoms with Crippen LogP contribution in [-0.4, -0.2) is 6.85 Å². The van der Waals surface area contributed by atoms with Crippen molar-refractivity contribution < 1.29 is 0 Å². The maximum Gasteiger partial charge on any atom is 0.343 e. The summed E-state index contributed by atoms with van der Waals surface area (Å²) in [6.07, 6.45) is 0. The van der Waals surface area contributed by atoms with Crippen molar-refractivity contribution >= 4 is 109 Å². The van der Waals surface area contributed by atoms with E-state index in [9.17, 15) is 0 Å². The van der Waals surface area contributed by atoms with Crippen LogP contribution in [0.4, 0.5) is 28.4 Å². The Balaban J connectivity index is 1.13. The summed E-state index contributed by atoms with van der Waals surface area (Å²) >= 11 is 3.91. The summed E-state index contributed by atoms with van der Waals surface area (Å²) in [5.41, 5.74) is 21.5. The van der Waals surface area contributed by atoms with Gasteiger partial charge in [-0.25, -0.2) is 0 Å². The molecule has 0 bridgehead atoms. The minimum Gasteiger partial charge on any atom is -0.376 e. The molecule has 0 N–H and O–H groups in total. The van der Waals surface area contributed by atoms with Gasteiger partial charge in [0.25, 0.3) is 0 Å². The van der Waals surface area contributed by atoms with Crippen LogP contribution in [0.25, 0.3) is 85.5 Å². The molecule has 0 amide bonds. The van der Waals surface area contributed by atoms with Gasteiger partial charge in [-0.05, 0) is 120 Å². The fourth-order valence-corrected chi connectivity index (χ4v) is 15.3. The number of fused-ring (bicyclic) bond motifs is 15. The number of hydrogen-bond acceptors (Lipinski definition) is 4. The van der Waals surface area contributed by atoms with Crippen LogP contribution >= 0.6 is 22.7 Å². The summed E-state index contributed by atoms with van der Waals surface area (Å²) in [4.78, 5) is 5.44. The van der Waals surface area contributed by atoms with Gasteiger partial charge >= 0.3 is 6.85 Å². The first kappa shape index (κ1) is 42.0. The van der Waals surface area contributed by atoms with Crippen LogP contribution < -0.4 is 20.0 Å². The van der Waals surface area contributed by atoms with Crippen molar-refractivity contribution in [2.75, 3.05) is 9.71 Å². The minimum atomic E-state index is -0.270. The number of benzene rings is 10. The molecule has 4 heterocycles. The second-order valence-electron chi connectivity index (χ2n) is 21.6. The summed E-state index contributed by atoms with van der Waals surface area (Å²) in [5, 5.41) is 6.48. The zero-order chi connectivity index (χ0) is 48.2. The van der Waals surface area contributed by atoms with Gasteiger partial charge in [0.2, 0.25) is 0 Å². The lowest BCUT2D eigenvalue weighted by Gasteiger charge is -2.46. The van der Waals surface area contributed by atoms with E-state index in [1.54, 1.807) is 0 Å². The summed E-state index contributed by atoms with van der Waals surface area (Å²) in [7, 11) is 0.